The van der Waals surface area contributed by atoms with Crippen molar-refractivity contribution in [2.75, 3.05) is 13.7 Å². The van der Waals surface area contributed by atoms with Gasteiger partial charge in [0, 0.05) is 0 Å². The van der Waals surface area contributed by atoms with E-state index in [9.17, 15) is 15.2 Å². The van der Waals surface area contributed by atoms with E-state index in [4.69, 9.17) is 9.47 Å². The molecule has 0 radical (unpaired) electrons. The van der Waals surface area contributed by atoms with Gasteiger partial charge in [0.05, 0.1) is 18.1 Å². The summed E-state index contributed by atoms with van der Waals surface area (Å²) in [5.41, 5.74) is 2.41. The number of aromatic nitrogens is 2. The normalized spacial score (nSPS) is 11.6. The summed E-state index contributed by atoms with van der Waals surface area (Å²) in [6, 6.07) is 14.2. The van der Waals surface area contributed by atoms with E-state index < -0.39 is 18.3 Å². The van der Waals surface area contributed by atoms with Crippen molar-refractivity contribution in [3.8, 4) is 11.8 Å². The summed E-state index contributed by atoms with van der Waals surface area (Å²) in [5, 5.41) is 19.6. The number of imidazole rings is 1. The number of carbonyl (C=O) groups excluding carboxylic acids is 1. The van der Waals surface area contributed by atoms with Gasteiger partial charge in [-0.3, -0.25) is 0 Å². The number of para-hydroxylation sites is 2. The largest absolute Gasteiger partial charge is 0.507 e. The number of aliphatic hydroxyl groups excluding tert-OH is 1. The van der Waals surface area contributed by atoms with Gasteiger partial charge in [-0.15, -0.1) is 0 Å². The molecule has 1 heterocycles. The number of aromatic amines is 1. The van der Waals surface area contributed by atoms with Crippen molar-refractivity contribution in [3.63, 3.8) is 0 Å². The number of aliphatic hydroxyl groups is 1. The first-order valence-corrected chi connectivity index (χ1v) is 8.12. The highest BCUT2D eigenvalue weighted by molar-refractivity contribution is 5.93. The van der Waals surface area contributed by atoms with Crippen LogP contribution in [0.15, 0.2) is 48.2 Å². The maximum absolute atomic E-state index is 12.3. The van der Waals surface area contributed by atoms with E-state index in [-0.39, 0.29) is 17.0 Å². The number of rotatable bonds is 5. The third kappa shape index (κ3) is 3.75. The molecular formula is C20H17N3O4. The number of methoxy groups -OCH3 is 1. The molecule has 3 rings (SSSR count). The lowest BCUT2D eigenvalue weighted by atomic mass is 10.1. The number of benzene rings is 2. The number of aryl methyl sites for hydroxylation is 1. The Morgan fingerprint density at radius 2 is 2.07 bits per heavy atom. The van der Waals surface area contributed by atoms with E-state index in [0.717, 1.165) is 11.1 Å². The van der Waals surface area contributed by atoms with Gasteiger partial charge in [-0.05, 0) is 31.2 Å². The van der Waals surface area contributed by atoms with Crippen molar-refractivity contribution in [3.05, 3.63) is 65.2 Å². The van der Waals surface area contributed by atoms with E-state index >= 15 is 0 Å². The summed E-state index contributed by atoms with van der Waals surface area (Å²) in [5.74, 6) is -0.479. The van der Waals surface area contributed by atoms with Crippen molar-refractivity contribution in [1.29, 1.82) is 5.26 Å². The Morgan fingerprint density at radius 3 is 2.78 bits per heavy atom. The zero-order chi connectivity index (χ0) is 19.4. The second-order valence-corrected chi connectivity index (χ2v) is 5.82. The van der Waals surface area contributed by atoms with Crippen molar-refractivity contribution in [1.82, 2.24) is 9.97 Å². The molecular weight excluding hydrogens is 346 g/mol. The zero-order valence-electron chi connectivity index (χ0n) is 14.8. The molecule has 0 saturated carbocycles. The molecule has 0 unspecified atom stereocenters. The second-order valence-electron chi connectivity index (χ2n) is 5.82. The number of esters is 1. The molecule has 27 heavy (non-hydrogen) atoms. The summed E-state index contributed by atoms with van der Waals surface area (Å²) in [7, 11) is 1.45. The van der Waals surface area contributed by atoms with Crippen molar-refractivity contribution in [2.45, 2.75) is 6.92 Å². The molecule has 2 aromatic carbocycles. The quantitative estimate of drug-likeness (QED) is 0.408. The first kappa shape index (κ1) is 18.0. The van der Waals surface area contributed by atoms with Gasteiger partial charge in [-0.1, -0.05) is 23.8 Å². The number of nitriles is 1. The van der Waals surface area contributed by atoms with Gasteiger partial charge in [-0.25, -0.2) is 9.78 Å². The number of ether oxygens (including phenoxy) is 2. The number of nitrogens with zero attached hydrogens (tertiary/aromatic N) is 2. The van der Waals surface area contributed by atoms with Gasteiger partial charge >= 0.3 is 5.97 Å². The van der Waals surface area contributed by atoms with E-state index in [1.165, 1.54) is 7.11 Å². The fraction of sp³-hybridized carbons (Fsp3) is 0.150. The summed E-state index contributed by atoms with van der Waals surface area (Å²) in [6.07, 6.45) is 0. The average molecular weight is 363 g/mol. The number of carbonyl (C=O) groups is 1. The standard InChI is InChI=1S/C20H17N3O4/c1-12-7-8-18(26-2)13(9-12)20(25)27-11-17(24)14(10-21)19-22-15-5-3-4-6-16(15)23-19/h3-9,24H,11H2,1-2H3,(H,22,23)/b17-14-. The molecule has 0 aliphatic carbocycles. The number of fused-ring (bicyclic) bond motifs is 1. The first-order valence-electron chi connectivity index (χ1n) is 8.12. The van der Waals surface area contributed by atoms with Crippen LogP contribution in [0, 0.1) is 18.3 Å². The Labute approximate surface area is 155 Å². The minimum Gasteiger partial charge on any atom is -0.507 e. The van der Waals surface area contributed by atoms with Crippen molar-refractivity contribution < 1.29 is 19.4 Å². The predicted molar refractivity (Wildman–Crippen MR) is 99.3 cm³/mol. The molecule has 0 bridgehead atoms. The maximum atomic E-state index is 12.3. The molecule has 136 valence electrons. The zero-order valence-corrected chi connectivity index (χ0v) is 14.8. The topological polar surface area (TPSA) is 108 Å². The Morgan fingerprint density at radius 1 is 1.30 bits per heavy atom. The van der Waals surface area contributed by atoms with Crippen LogP contribution in [-0.4, -0.2) is 34.8 Å². The lowest BCUT2D eigenvalue weighted by molar-refractivity contribution is 0.0499. The molecule has 7 heteroatoms. The van der Waals surface area contributed by atoms with Crippen LogP contribution in [-0.2, 0) is 4.74 Å². The van der Waals surface area contributed by atoms with Crippen LogP contribution < -0.4 is 4.74 Å². The monoisotopic (exact) mass is 363 g/mol. The molecule has 1 aromatic heterocycles. The lowest BCUT2D eigenvalue weighted by Gasteiger charge is -2.09. The lowest BCUT2D eigenvalue weighted by Crippen LogP contribution is -2.11. The summed E-state index contributed by atoms with van der Waals surface area (Å²) < 4.78 is 10.3. The minimum atomic E-state index is -0.663. The molecule has 3 aromatic rings. The molecule has 7 nitrogen and oxygen atoms in total. The molecule has 0 aliphatic heterocycles. The average Bonchev–Trinajstić information content (AvgIpc) is 3.10. The highest BCUT2D eigenvalue weighted by Crippen LogP contribution is 2.22. The third-order valence-corrected chi connectivity index (χ3v) is 3.94. The van der Waals surface area contributed by atoms with Gasteiger partial charge < -0.3 is 19.6 Å². The van der Waals surface area contributed by atoms with E-state index in [2.05, 4.69) is 9.97 Å². The summed E-state index contributed by atoms with van der Waals surface area (Å²) in [6.45, 7) is 1.37. The predicted octanol–water partition coefficient (Wildman–Crippen LogP) is 3.53. The van der Waals surface area contributed by atoms with Gasteiger partial charge in [0.25, 0.3) is 0 Å². The van der Waals surface area contributed by atoms with Crippen LogP contribution in [0.25, 0.3) is 16.6 Å². The number of allylic oxidation sites excluding steroid dienone is 1. The second kappa shape index (κ2) is 7.62. The third-order valence-electron chi connectivity index (χ3n) is 3.94. The fourth-order valence-electron chi connectivity index (χ4n) is 2.59. The summed E-state index contributed by atoms with van der Waals surface area (Å²) in [4.78, 5) is 19.6. The molecule has 0 atom stereocenters. The number of hydrogen-bond acceptors (Lipinski definition) is 6. The molecule has 0 saturated heterocycles. The van der Waals surface area contributed by atoms with Crippen LogP contribution in [0.4, 0.5) is 0 Å². The Kier molecular flexibility index (Phi) is 5.08. The van der Waals surface area contributed by atoms with Crippen molar-refractivity contribution >= 4 is 22.6 Å². The number of H-pyrrole nitrogens is 1. The Balaban J connectivity index is 1.82. The van der Waals surface area contributed by atoms with Crippen LogP contribution in [0.5, 0.6) is 5.75 Å². The van der Waals surface area contributed by atoms with Gasteiger partial charge in [0.15, 0.2) is 11.6 Å². The Hall–Kier alpha value is -3.79. The van der Waals surface area contributed by atoms with E-state index in [1.807, 2.05) is 37.3 Å². The Bertz CT molecular complexity index is 1040. The number of hydrogen-bond donors (Lipinski definition) is 2. The van der Waals surface area contributed by atoms with Gasteiger partial charge in [-0.2, -0.15) is 5.26 Å². The SMILES string of the molecule is COc1ccc(C)cc1C(=O)OC/C(O)=C(\C#N)c1nc2ccccc2[nH]1. The van der Waals surface area contributed by atoms with E-state index in [0.29, 0.717) is 11.3 Å². The summed E-state index contributed by atoms with van der Waals surface area (Å²) >= 11 is 0. The molecule has 2 N–H and O–H groups in total. The smallest absolute Gasteiger partial charge is 0.342 e. The maximum Gasteiger partial charge on any atom is 0.342 e. The first-order chi connectivity index (χ1) is 13.0. The van der Waals surface area contributed by atoms with Crippen LogP contribution >= 0.6 is 0 Å². The van der Waals surface area contributed by atoms with Crippen LogP contribution in [0.2, 0.25) is 0 Å². The molecule has 0 fully saturated rings. The van der Waals surface area contributed by atoms with Gasteiger partial charge in [0.2, 0.25) is 0 Å². The van der Waals surface area contributed by atoms with Crippen LogP contribution in [0.1, 0.15) is 21.7 Å². The molecule has 0 aliphatic rings. The highest BCUT2D eigenvalue weighted by Gasteiger charge is 2.18. The van der Waals surface area contributed by atoms with Crippen molar-refractivity contribution in [2.24, 2.45) is 0 Å². The van der Waals surface area contributed by atoms with E-state index in [1.54, 1.807) is 18.2 Å². The fourth-order valence-corrected chi connectivity index (χ4v) is 2.59. The molecule has 0 spiro atoms. The van der Waals surface area contributed by atoms with Gasteiger partial charge in [0.1, 0.15) is 29.6 Å². The van der Waals surface area contributed by atoms with Crippen LogP contribution in [0.3, 0.4) is 0 Å². The molecule has 0 amide bonds. The minimum absolute atomic E-state index is 0.0878. The number of nitrogens with one attached hydrogen (secondary N) is 1. The highest BCUT2D eigenvalue weighted by atomic mass is 16.5.